The van der Waals surface area contributed by atoms with Gasteiger partial charge in [-0.25, -0.2) is 22.7 Å². The van der Waals surface area contributed by atoms with Gasteiger partial charge in [-0.15, -0.1) is 0 Å². The third-order valence-electron chi connectivity index (χ3n) is 8.14. The standard InChI is InChI=1S/C35H37FN4O4S.C2HF3O2/c36-32-11-4-6-27(21-32)22-34(41)40(24-26-12-14-33(15-13-26)45(37,43)44)25-28-7-3-8-29(20-28)30-9-5-10-31(23-30)35(42)38-16-19-39-17-1-2-18-39;3-2(4,5)1(6)7/h3-15,20-21,23H,1-2,16-19,22,24-25H2,(H,38,42)(H2,37,43,44);(H,6,7). The van der Waals surface area contributed by atoms with Crippen molar-refractivity contribution in [3.05, 3.63) is 125 Å². The molecule has 5 rings (SSSR count). The Kier molecular flexibility index (Phi) is 13.6. The van der Waals surface area contributed by atoms with Gasteiger partial charge in [0.25, 0.3) is 5.91 Å². The highest BCUT2D eigenvalue weighted by Crippen LogP contribution is 2.24. The zero-order valence-electron chi connectivity index (χ0n) is 28.0. The smallest absolute Gasteiger partial charge is 0.475 e. The van der Waals surface area contributed by atoms with E-state index in [-0.39, 0.29) is 36.2 Å². The van der Waals surface area contributed by atoms with Gasteiger partial charge in [-0.05, 0) is 96.2 Å². The number of aliphatic carboxylic acids is 1. The van der Waals surface area contributed by atoms with Gasteiger partial charge in [0.1, 0.15) is 5.82 Å². The summed E-state index contributed by atoms with van der Waals surface area (Å²) < 4.78 is 69.0. The number of hydrogen-bond donors (Lipinski definition) is 3. The van der Waals surface area contributed by atoms with Gasteiger partial charge in [0, 0.05) is 31.7 Å². The van der Waals surface area contributed by atoms with Crippen LogP contribution < -0.4 is 10.5 Å². The van der Waals surface area contributed by atoms with Gasteiger partial charge in [0.15, 0.2) is 0 Å². The van der Waals surface area contributed by atoms with E-state index in [2.05, 4.69) is 10.2 Å². The predicted octanol–water partition coefficient (Wildman–Crippen LogP) is 5.37. The molecule has 1 aliphatic heterocycles. The van der Waals surface area contributed by atoms with Crippen molar-refractivity contribution in [2.45, 2.75) is 43.4 Å². The van der Waals surface area contributed by atoms with Crippen LogP contribution in [-0.4, -0.2) is 73.5 Å². The molecule has 10 nitrogen and oxygen atoms in total. The summed E-state index contributed by atoms with van der Waals surface area (Å²) in [5.74, 6) is -3.50. The topological polar surface area (TPSA) is 150 Å². The quantitative estimate of drug-likeness (QED) is 0.165. The van der Waals surface area contributed by atoms with Gasteiger partial charge in [-0.3, -0.25) is 9.59 Å². The number of benzene rings is 4. The normalized spacial score (nSPS) is 13.2. The summed E-state index contributed by atoms with van der Waals surface area (Å²) in [6, 6.07) is 27.3. The summed E-state index contributed by atoms with van der Waals surface area (Å²) >= 11 is 0. The van der Waals surface area contributed by atoms with Crippen LogP contribution in [0, 0.1) is 5.82 Å². The molecular formula is C37H38F4N4O6S. The summed E-state index contributed by atoms with van der Waals surface area (Å²) in [5.41, 5.74) is 4.49. The van der Waals surface area contributed by atoms with Crippen LogP contribution in [0.1, 0.15) is 39.9 Å². The van der Waals surface area contributed by atoms with Crippen LogP contribution in [0.5, 0.6) is 0 Å². The van der Waals surface area contributed by atoms with Crippen molar-refractivity contribution in [1.29, 1.82) is 0 Å². The lowest BCUT2D eigenvalue weighted by molar-refractivity contribution is -0.192. The fraction of sp³-hybridized carbons (Fsp3) is 0.270. The molecule has 1 heterocycles. The summed E-state index contributed by atoms with van der Waals surface area (Å²) in [4.78, 5) is 39.3. The maximum absolute atomic E-state index is 13.8. The predicted molar refractivity (Wildman–Crippen MR) is 186 cm³/mol. The number of rotatable bonds is 12. The summed E-state index contributed by atoms with van der Waals surface area (Å²) in [7, 11) is -3.85. The Balaban J connectivity index is 0.000000785. The third-order valence-corrected chi connectivity index (χ3v) is 9.06. The van der Waals surface area contributed by atoms with Crippen molar-refractivity contribution in [3.63, 3.8) is 0 Å². The number of hydrogen-bond acceptors (Lipinski definition) is 6. The molecular weight excluding hydrogens is 704 g/mol. The maximum atomic E-state index is 13.8. The lowest BCUT2D eigenvalue weighted by atomic mass is 10.0. The number of sulfonamides is 1. The minimum atomic E-state index is -5.08. The third kappa shape index (κ3) is 12.3. The highest BCUT2D eigenvalue weighted by atomic mass is 32.2. The molecule has 4 N–H and O–H groups in total. The van der Waals surface area contributed by atoms with Gasteiger partial charge in [0.2, 0.25) is 15.9 Å². The van der Waals surface area contributed by atoms with Crippen LogP contribution in [0.4, 0.5) is 17.6 Å². The number of carboxylic acid groups (broad SMARTS) is 1. The molecule has 1 saturated heterocycles. The first kappa shape index (κ1) is 39.7. The molecule has 0 aliphatic carbocycles. The second-order valence-corrected chi connectivity index (χ2v) is 13.7. The highest BCUT2D eigenvalue weighted by Gasteiger charge is 2.38. The second-order valence-electron chi connectivity index (χ2n) is 12.1. The number of carbonyl (C=O) groups is 3. The van der Waals surface area contributed by atoms with E-state index in [9.17, 15) is 35.6 Å². The van der Waals surface area contributed by atoms with Crippen molar-refractivity contribution < 1.29 is 45.5 Å². The van der Waals surface area contributed by atoms with Crippen LogP contribution >= 0.6 is 0 Å². The van der Waals surface area contributed by atoms with Crippen molar-refractivity contribution >= 4 is 27.8 Å². The molecule has 2 amide bonds. The Hall–Kier alpha value is -5.12. The Morgan fingerprint density at radius 1 is 0.808 bits per heavy atom. The molecule has 0 spiro atoms. The average Bonchev–Trinajstić information content (AvgIpc) is 3.61. The Bertz CT molecular complexity index is 1970. The van der Waals surface area contributed by atoms with Crippen LogP contribution in [0.2, 0.25) is 0 Å². The van der Waals surface area contributed by atoms with Crippen molar-refractivity contribution in [2.24, 2.45) is 5.14 Å². The molecule has 0 saturated carbocycles. The monoisotopic (exact) mass is 742 g/mol. The first-order valence-corrected chi connectivity index (χ1v) is 17.8. The van der Waals surface area contributed by atoms with Crippen molar-refractivity contribution in [1.82, 2.24) is 15.1 Å². The number of nitrogens with one attached hydrogen (secondary N) is 1. The molecule has 276 valence electrons. The van der Waals surface area contributed by atoms with Gasteiger partial charge >= 0.3 is 12.1 Å². The van der Waals surface area contributed by atoms with Gasteiger partial charge in [0.05, 0.1) is 11.3 Å². The number of primary sulfonamides is 1. The minimum Gasteiger partial charge on any atom is -0.475 e. The van der Waals surface area contributed by atoms with Gasteiger partial charge < -0.3 is 20.2 Å². The number of halogens is 4. The van der Waals surface area contributed by atoms with E-state index < -0.39 is 28.0 Å². The van der Waals surface area contributed by atoms with Crippen molar-refractivity contribution in [3.8, 4) is 11.1 Å². The SMILES string of the molecule is NS(=O)(=O)c1ccc(CN(Cc2cccc(-c3cccc(C(=O)NCCN4CCCC4)c3)c2)C(=O)Cc2cccc(F)c2)cc1.O=C(O)C(F)(F)F. The number of nitrogens with zero attached hydrogens (tertiary/aromatic N) is 2. The van der Waals surface area contributed by atoms with Gasteiger partial charge in [-0.2, -0.15) is 13.2 Å². The number of carbonyl (C=O) groups excluding carboxylic acids is 2. The molecule has 0 radical (unpaired) electrons. The van der Waals surface area contributed by atoms with E-state index in [1.54, 1.807) is 35.2 Å². The average molecular weight is 743 g/mol. The maximum Gasteiger partial charge on any atom is 0.490 e. The molecule has 0 atom stereocenters. The minimum absolute atomic E-state index is 0.00162. The molecule has 52 heavy (non-hydrogen) atoms. The Morgan fingerprint density at radius 3 is 2.00 bits per heavy atom. The zero-order chi connectivity index (χ0) is 37.9. The fourth-order valence-corrected chi connectivity index (χ4v) is 6.03. The summed E-state index contributed by atoms with van der Waals surface area (Å²) in [6.45, 7) is 4.08. The lowest BCUT2D eigenvalue weighted by Crippen LogP contribution is -2.33. The summed E-state index contributed by atoms with van der Waals surface area (Å²) in [5, 5.41) is 15.4. The van der Waals surface area contributed by atoms with Gasteiger partial charge in [-0.1, -0.05) is 54.6 Å². The molecule has 0 aromatic heterocycles. The Labute approximate surface area is 298 Å². The fourth-order valence-electron chi connectivity index (χ4n) is 5.52. The molecule has 0 unspecified atom stereocenters. The number of amides is 2. The number of nitrogens with two attached hydrogens (primary N) is 1. The van der Waals surface area contributed by atoms with Crippen LogP contribution in [-0.2, 0) is 39.1 Å². The number of alkyl halides is 3. The number of likely N-dealkylation sites (tertiary alicyclic amines) is 1. The molecule has 4 aromatic rings. The van der Waals surface area contributed by atoms with E-state index in [1.165, 1.54) is 37.1 Å². The van der Waals surface area contributed by atoms with E-state index >= 15 is 0 Å². The van der Waals surface area contributed by atoms with E-state index in [4.69, 9.17) is 15.0 Å². The van der Waals surface area contributed by atoms with Crippen LogP contribution in [0.3, 0.4) is 0 Å². The van der Waals surface area contributed by atoms with Crippen LogP contribution in [0.15, 0.2) is 102 Å². The molecule has 15 heteroatoms. The van der Waals surface area contributed by atoms with Crippen molar-refractivity contribution in [2.75, 3.05) is 26.2 Å². The van der Waals surface area contributed by atoms with E-state index in [0.29, 0.717) is 17.7 Å². The largest absolute Gasteiger partial charge is 0.490 e. The first-order valence-electron chi connectivity index (χ1n) is 16.2. The molecule has 1 fully saturated rings. The van der Waals surface area contributed by atoms with Crippen LogP contribution in [0.25, 0.3) is 11.1 Å². The number of carboxylic acids is 1. The second kappa shape index (κ2) is 17.9. The lowest BCUT2D eigenvalue weighted by Gasteiger charge is -2.24. The highest BCUT2D eigenvalue weighted by molar-refractivity contribution is 7.89. The molecule has 1 aliphatic rings. The van der Waals surface area contributed by atoms with E-state index in [0.717, 1.165) is 41.9 Å². The summed E-state index contributed by atoms with van der Waals surface area (Å²) in [6.07, 6.45) is -2.66. The van der Waals surface area contributed by atoms with E-state index in [1.807, 2.05) is 42.5 Å². The zero-order valence-corrected chi connectivity index (χ0v) is 28.8. The Morgan fingerprint density at radius 2 is 1.38 bits per heavy atom. The molecule has 0 bridgehead atoms. The first-order chi connectivity index (χ1) is 24.6. The molecule has 4 aromatic carbocycles.